The molecule has 0 fully saturated rings. The molecule has 0 aliphatic rings. The Balaban J connectivity index is 2.95. The van der Waals surface area contributed by atoms with Crippen molar-refractivity contribution in [3.05, 3.63) is 40.8 Å². The molecule has 78 valence electrons. The van der Waals surface area contributed by atoms with E-state index in [1.807, 2.05) is 0 Å². The number of rotatable bonds is 1. The average Bonchev–Trinajstić information content (AvgIpc) is 2.16. The molecule has 0 aliphatic carbocycles. The van der Waals surface area contributed by atoms with E-state index < -0.39 is 20.4 Å². The van der Waals surface area contributed by atoms with Crippen molar-refractivity contribution in [1.82, 2.24) is 0 Å². The van der Waals surface area contributed by atoms with Crippen molar-refractivity contribution in [1.29, 1.82) is 0 Å². The molecule has 0 saturated carbocycles. The highest BCUT2D eigenvalue weighted by molar-refractivity contribution is 7.85. The first kappa shape index (κ1) is 9.88. The molecule has 1 aromatic heterocycles. The summed E-state index contributed by atoms with van der Waals surface area (Å²) in [4.78, 5) is 10.8. The molecule has 0 radical (unpaired) electrons. The van der Waals surface area contributed by atoms with E-state index in [0.29, 0.717) is 0 Å². The smallest absolute Gasteiger partial charge is 0.301 e. The van der Waals surface area contributed by atoms with Crippen LogP contribution in [0, 0.1) is 0 Å². The number of benzene rings is 1. The van der Waals surface area contributed by atoms with Crippen LogP contribution in [0.5, 0.6) is 0 Å². The van der Waals surface area contributed by atoms with Gasteiger partial charge in [0, 0.05) is 0 Å². The zero-order chi connectivity index (χ0) is 11.1. The molecule has 0 spiro atoms. The van der Waals surface area contributed by atoms with Gasteiger partial charge in [-0.05, 0) is 12.1 Å². The minimum atomic E-state index is -4.53. The Bertz CT molecular complexity index is 668. The highest BCUT2D eigenvalue weighted by Crippen LogP contribution is 2.12. The second-order valence-electron chi connectivity index (χ2n) is 2.90. The summed E-state index contributed by atoms with van der Waals surface area (Å²) in [6.45, 7) is 0. The van der Waals surface area contributed by atoms with Gasteiger partial charge in [0.15, 0.2) is 4.90 Å². The van der Waals surface area contributed by atoms with E-state index in [9.17, 15) is 13.2 Å². The SMILES string of the molecule is O=c1c(S(=O)(=O)O)coc2ccccc12. The highest BCUT2D eigenvalue weighted by atomic mass is 32.2. The van der Waals surface area contributed by atoms with Crippen molar-refractivity contribution in [3.8, 4) is 0 Å². The third kappa shape index (κ3) is 1.64. The van der Waals surface area contributed by atoms with Crippen LogP contribution in [0.4, 0.5) is 0 Å². The summed E-state index contributed by atoms with van der Waals surface area (Å²) in [5, 5.41) is 0.118. The summed E-state index contributed by atoms with van der Waals surface area (Å²) < 4.78 is 35.2. The van der Waals surface area contributed by atoms with Crippen molar-refractivity contribution in [2.24, 2.45) is 0 Å². The molecule has 0 unspecified atom stereocenters. The second kappa shape index (κ2) is 3.18. The standard InChI is InChI=1S/C9H6O5S/c10-9-6-3-1-2-4-7(6)14-5-8(9)15(11,12)13/h1-5H,(H,11,12,13). The fourth-order valence-electron chi connectivity index (χ4n) is 1.24. The maximum absolute atomic E-state index is 11.6. The maximum Gasteiger partial charge on any atom is 0.301 e. The van der Waals surface area contributed by atoms with Crippen molar-refractivity contribution >= 4 is 21.1 Å². The van der Waals surface area contributed by atoms with Gasteiger partial charge in [-0.25, -0.2) is 0 Å². The Kier molecular flexibility index (Phi) is 2.09. The van der Waals surface area contributed by atoms with E-state index in [0.717, 1.165) is 6.26 Å². The Morgan fingerprint density at radius 3 is 2.53 bits per heavy atom. The molecule has 6 heteroatoms. The summed E-state index contributed by atoms with van der Waals surface area (Å²) in [7, 11) is -4.53. The monoisotopic (exact) mass is 226 g/mol. The minimum Gasteiger partial charge on any atom is -0.463 e. The molecule has 2 aromatic rings. The molecular formula is C9H6O5S. The molecule has 2 rings (SSSR count). The third-order valence-electron chi connectivity index (χ3n) is 1.93. The van der Waals surface area contributed by atoms with Gasteiger partial charge in [0.1, 0.15) is 11.8 Å². The fourth-order valence-corrected chi connectivity index (χ4v) is 1.75. The number of para-hydroxylation sites is 1. The fraction of sp³-hybridized carbons (Fsp3) is 0. The van der Waals surface area contributed by atoms with Crippen LogP contribution in [0.3, 0.4) is 0 Å². The lowest BCUT2D eigenvalue weighted by molar-refractivity contribution is 0.476. The molecule has 1 N–H and O–H groups in total. The van der Waals surface area contributed by atoms with Gasteiger partial charge < -0.3 is 4.42 Å². The zero-order valence-electron chi connectivity index (χ0n) is 7.38. The zero-order valence-corrected chi connectivity index (χ0v) is 8.19. The van der Waals surface area contributed by atoms with Crippen LogP contribution in [-0.2, 0) is 10.1 Å². The number of fused-ring (bicyclic) bond motifs is 1. The van der Waals surface area contributed by atoms with Gasteiger partial charge in [0.05, 0.1) is 5.39 Å². The summed E-state index contributed by atoms with van der Waals surface area (Å²) in [6, 6.07) is 6.19. The first-order valence-corrected chi connectivity index (χ1v) is 5.42. The molecule has 0 atom stereocenters. The summed E-state index contributed by atoms with van der Waals surface area (Å²) in [5.41, 5.74) is -0.491. The van der Waals surface area contributed by atoms with Gasteiger partial charge in [0.2, 0.25) is 5.43 Å². The Morgan fingerprint density at radius 2 is 1.87 bits per heavy atom. The molecule has 0 bridgehead atoms. The summed E-state index contributed by atoms with van der Waals surface area (Å²) in [5.74, 6) is 0. The normalized spacial score (nSPS) is 11.8. The first-order chi connectivity index (χ1) is 7.00. The Morgan fingerprint density at radius 1 is 1.20 bits per heavy atom. The molecule has 1 heterocycles. The van der Waals surface area contributed by atoms with Crippen LogP contribution >= 0.6 is 0 Å². The van der Waals surface area contributed by atoms with E-state index in [2.05, 4.69) is 0 Å². The van der Waals surface area contributed by atoms with E-state index in [1.54, 1.807) is 12.1 Å². The lowest BCUT2D eigenvalue weighted by Crippen LogP contribution is -2.13. The highest BCUT2D eigenvalue weighted by Gasteiger charge is 2.17. The third-order valence-corrected chi connectivity index (χ3v) is 2.76. The van der Waals surface area contributed by atoms with Gasteiger partial charge in [0.25, 0.3) is 0 Å². The number of hydrogen-bond acceptors (Lipinski definition) is 4. The second-order valence-corrected chi connectivity index (χ2v) is 4.29. The van der Waals surface area contributed by atoms with Gasteiger partial charge in [-0.15, -0.1) is 0 Å². The minimum absolute atomic E-state index is 0.118. The van der Waals surface area contributed by atoms with Crippen molar-refractivity contribution in [3.63, 3.8) is 0 Å². The molecule has 5 nitrogen and oxygen atoms in total. The molecule has 1 aromatic carbocycles. The number of hydrogen-bond donors (Lipinski definition) is 1. The predicted octanol–water partition coefficient (Wildman–Crippen LogP) is 1.04. The first-order valence-electron chi connectivity index (χ1n) is 3.98. The van der Waals surface area contributed by atoms with Gasteiger partial charge in [-0.1, -0.05) is 12.1 Å². The topological polar surface area (TPSA) is 84.6 Å². The van der Waals surface area contributed by atoms with Crippen LogP contribution in [0.2, 0.25) is 0 Å². The van der Waals surface area contributed by atoms with Crippen LogP contribution < -0.4 is 5.43 Å². The van der Waals surface area contributed by atoms with Gasteiger partial charge in [-0.3, -0.25) is 9.35 Å². The molecule has 0 aliphatic heterocycles. The van der Waals surface area contributed by atoms with Crippen molar-refractivity contribution < 1.29 is 17.4 Å². The summed E-state index contributed by atoms with van der Waals surface area (Å²) in [6.07, 6.45) is 0.736. The van der Waals surface area contributed by atoms with E-state index in [4.69, 9.17) is 8.97 Å². The van der Waals surface area contributed by atoms with Crippen LogP contribution in [0.25, 0.3) is 11.0 Å². The van der Waals surface area contributed by atoms with E-state index in [-0.39, 0.29) is 11.0 Å². The predicted molar refractivity (Wildman–Crippen MR) is 52.3 cm³/mol. The van der Waals surface area contributed by atoms with Crippen LogP contribution in [0.1, 0.15) is 0 Å². The molecule has 15 heavy (non-hydrogen) atoms. The van der Waals surface area contributed by atoms with E-state index in [1.165, 1.54) is 12.1 Å². The van der Waals surface area contributed by atoms with Crippen molar-refractivity contribution in [2.45, 2.75) is 4.90 Å². The average molecular weight is 226 g/mol. The maximum atomic E-state index is 11.6. The van der Waals surface area contributed by atoms with E-state index >= 15 is 0 Å². The molecule has 0 saturated heterocycles. The van der Waals surface area contributed by atoms with Crippen LogP contribution in [0.15, 0.2) is 44.6 Å². The quantitative estimate of drug-likeness (QED) is 0.734. The lowest BCUT2D eigenvalue weighted by atomic mass is 10.2. The van der Waals surface area contributed by atoms with Gasteiger partial charge >= 0.3 is 10.1 Å². The lowest BCUT2D eigenvalue weighted by Gasteiger charge is -1.98. The molecule has 0 amide bonds. The van der Waals surface area contributed by atoms with Crippen LogP contribution in [-0.4, -0.2) is 13.0 Å². The largest absolute Gasteiger partial charge is 0.463 e. The van der Waals surface area contributed by atoms with Crippen molar-refractivity contribution in [2.75, 3.05) is 0 Å². The Hall–Kier alpha value is -1.66. The molecular weight excluding hydrogens is 220 g/mol. The Labute approximate surface area is 84.7 Å². The van der Waals surface area contributed by atoms with Gasteiger partial charge in [-0.2, -0.15) is 8.42 Å². The summed E-state index contributed by atoms with van der Waals surface area (Å²) >= 11 is 0.